The van der Waals surface area contributed by atoms with Crippen LogP contribution in [0.2, 0.25) is 15.1 Å². The van der Waals surface area contributed by atoms with Gasteiger partial charge in [0.2, 0.25) is 0 Å². The molecule has 0 heterocycles. The number of halogens is 3. The number of ketones is 1. The maximum absolute atomic E-state index is 12.8. The van der Waals surface area contributed by atoms with Crippen molar-refractivity contribution >= 4 is 50.4 Å². The molecule has 150 valence electrons. The summed E-state index contributed by atoms with van der Waals surface area (Å²) < 4.78 is 25.5. The quantitative estimate of drug-likeness (QED) is 0.430. The molecule has 0 spiro atoms. The van der Waals surface area contributed by atoms with Crippen LogP contribution in [-0.4, -0.2) is 14.2 Å². The molecule has 0 aromatic heterocycles. The van der Waals surface area contributed by atoms with Crippen molar-refractivity contribution in [2.75, 3.05) is 0 Å². The van der Waals surface area contributed by atoms with Crippen molar-refractivity contribution in [2.45, 2.75) is 23.5 Å². The Hall–Kier alpha value is -1.85. The Morgan fingerprint density at radius 2 is 1.41 bits per heavy atom. The molecular formula is C22H17Cl3O3S. The molecule has 0 bridgehead atoms. The summed E-state index contributed by atoms with van der Waals surface area (Å²) in [5.41, 5.74) is 2.05. The fourth-order valence-electron chi connectivity index (χ4n) is 2.95. The Kier molecular flexibility index (Phi) is 7.01. The van der Waals surface area contributed by atoms with Gasteiger partial charge in [-0.1, -0.05) is 65.1 Å². The highest BCUT2D eigenvalue weighted by atomic mass is 35.5. The van der Waals surface area contributed by atoms with Crippen LogP contribution in [-0.2, 0) is 33.2 Å². The van der Waals surface area contributed by atoms with E-state index in [4.69, 9.17) is 34.8 Å². The SMILES string of the molecule is O=C(Cc1ccc(Cl)c(Cl)c1)Cc1ccccc1CS(=O)(=O)c1ccc(Cl)cc1. The molecule has 0 unspecified atom stereocenters. The first kappa shape index (κ1) is 21.8. The van der Waals surface area contributed by atoms with E-state index < -0.39 is 9.84 Å². The Labute approximate surface area is 185 Å². The second kappa shape index (κ2) is 9.31. The first-order valence-electron chi connectivity index (χ1n) is 8.75. The summed E-state index contributed by atoms with van der Waals surface area (Å²) in [6.45, 7) is 0. The Balaban J connectivity index is 1.77. The summed E-state index contributed by atoms with van der Waals surface area (Å²) in [4.78, 5) is 12.8. The molecule has 0 radical (unpaired) electrons. The van der Waals surface area contributed by atoms with Crippen LogP contribution in [0.5, 0.6) is 0 Å². The van der Waals surface area contributed by atoms with Crippen molar-refractivity contribution in [1.82, 2.24) is 0 Å². The molecule has 29 heavy (non-hydrogen) atoms. The monoisotopic (exact) mass is 466 g/mol. The number of hydrogen-bond donors (Lipinski definition) is 0. The zero-order valence-corrected chi connectivity index (χ0v) is 18.3. The van der Waals surface area contributed by atoms with Gasteiger partial charge >= 0.3 is 0 Å². The number of benzene rings is 3. The largest absolute Gasteiger partial charge is 0.299 e. The average Bonchev–Trinajstić information content (AvgIpc) is 2.66. The fraction of sp³-hybridized carbons (Fsp3) is 0.136. The summed E-state index contributed by atoms with van der Waals surface area (Å²) in [6, 6.07) is 18.2. The van der Waals surface area contributed by atoms with Crippen molar-refractivity contribution < 1.29 is 13.2 Å². The summed E-state index contributed by atoms with van der Waals surface area (Å²) in [5, 5.41) is 1.30. The molecule has 0 amide bonds. The molecule has 7 heteroatoms. The van der Waals surface area contributed by atoms with E-state index in [0.29, 0.717) is 26.2 Å². The van der Waals surface area contributed by atoms with Crippen LogP contribution in [0, 0.1) is 0 Å². The Morgan fingerprint density at radius 1 is 0.759 bits per heavy atom. The van der Waals surface area contributed by atoms with Gasteiger partial charge in [0.1, 0.15) is 5.78 Å². The molecule has 0 aliphatic heterocycles. The van der Waals surface area contributed by atoms with E-state index in [1.54, 1.807) is 54.6 Å². The predicted octanol–water partition coefficient (Wildman–Crippen LogP) is 5.98. The van der Waals surface area contributed by atoms with Crippen LogP contribution in [0.1, 0.15) is 16.7 Å². The van der Waals surface area contributed by atoms with Crippen LogP contribution < -0.4 is 0 Å². The minimum Gasteiger partial charge on any atom is -0.299 e. The molecule has 0 fully saturated rings. The van der Waals surface area contributed by atoms with Gasteiger partial charge in [-0.3, -0.25) is 4.79 Å². The van der Waals surface area contributed by atoms with E-state index in [1.165, 1.54) is 12.1 Å². The van der Waals surface area contributed by atoms with Gasteiger partial charge in [0.25, 0.3) is 0 Å². The average molecular weight is 468 g/mol. The normalized spacial score (nSPS) is 11.4. The third kappa shape index (κ3) is 5.83. The van der Waals surface area contributed by atoms with Crippen LogP contribution >= 0.6 is 34.8 Å². The van der Waals surface area contributed by atoms with Crippen molar-refractivity contribution in [3.8, 4) is 0 Å². The maximum atomic E-state index is 12.8. The third-order valence-electron chi connectivity index (χ3n) is 4.41. The van der Waals surface area contributed by atoms with Gasteiger partial charge < -0.3 is 0 Å². The van der Waals surface area contributed by atoms with Gasteiger partial charge in [0.05, 0.1) is 20.7 Å². The molecule has 3 rings (SSSR count). The van der Waals surface area contributed by atoms with E-state index in [1.807, 2.05) is 0 Å². The van der Waals surface area contributed by atoms with Crippen molar-refractivity contribution in [1.29, 1.82) is 0 Å². The number of rotatable bonds is 7. The van der Waals surface area contributed by atoms with Crippen LogP contribution in [0.4, 0.5) is 0 Å². The third-order valence-corrected chi connectivity index (χ3v) is 7.08. The van der Waals surface area contributed by atoms with Gasteiger partial charge in [-0.25, -0.2) is 8.42 Å². The van der Waals surface area contributed by atoms with E-state index >= 15 is 0 Å². The van der Waals surface area contributed by atoms with Crippen LogP contribution in [0.3, 0.4) is 0 Å². The summed E-state index contributed by atoms with van der Waals surface area (Å²) in [6.07, 6.45) is 0.321. The summed E-state index contributed by atoms with van der Waals surface area (Å²) in [5.74, 6) is -0.232. The summed E-state index contributed by atoms with van der Waals surface area (Å²) >= 11 is 17.8. The number of carbonyl (C=O) groups excluding carboxylic acids is 1. The van der Waals surface area contributed by atoms with Crippen LogP contribution in [0.25, 0.3) is 0 Å². The zero-order chi connectivity index (χ0) is 21.0. The first-order valence-corrected chi connectivity index (χ1v) is 11.5. The van der Waals surface area contributed by atoms with Crippen molar-refractivity contribution in [2.24, 2.45) is 0 Å². The Morgan fingerprint density at radius 3 is 2.07 bits per heavy atom. The van der Waals surface area contributed by atoms with Crippen LogP contribution in [0.15, 0.2) is 71.6 Å². The molecule has 3 aromatic rings. The smallest absolute Gasteiger partial charge is 0.182 e. The molecular weight excluding hydrogens is 451 g/mol. The van der Waals surface area contributed by atoms with Gasteiger partial charge in [-0.15, -0.1) is 0 Å². The van der Waals surface area contributed by atoms with Gasteiger partial charge in [-0.05, 0) is 53.1 Å². The lowest BCUT2D eigenvalue weighted by Crippen LogP contribution is -2.11. The van der Waals surface area contributed by atoms with E-state index in [9.17, 15) is 13.2 Å². The van der Waals surface area contributed by atoms with Gasteiger partial charge in [0.15, 0.2) is 9.84 Å². The molecule has 3 nitrogen and oxygen atoms in total. The second-order valence-corrected chi connectivity index (χ2v) is 9.86. The number of hydrogen-bond acceptors (Lipinski definition) is 3. The second-order valence-electron chi connectivity index (χ2n) is 6.62. The molecule has 0 aliphatic carbocycles. The molecule has 0 N–H and O–H groups in total. The van der Waals surface area contributed by atoms with Gasteiger partial charge in [-0.2, -0.15) is 0 Å². The summed E-state index contributed by atoms with van der Waals surface area (Å²) in [7, 11) is -3.56. The number of Topliss-reactive ketones (excluding diaryl/α,β-unsaturated/α-hetero) is 1. The standard InChI is InChI=1S/C22H17Cl3O3S/c23-18-6-8-20(9-7-18)29(27,28)14-17-4-2-1-3-16(17)13-19(26)11-15-5-10-21(24)22(25)12-15/h1-10,12H,11,13-14H2. The highest BCUT2D eigenvalue weighted by molar-refractivity contribution is 7.90. The first-order chi connectivity index (χ1) is 13.7. The predicted molar refractivity (Wildman–Crippen MR) is 118 cm³/mol. The number of carbonyl (C=O) groups is 1. The van der Waals surface area contributed by atoms with Crippen molar-refractivity contribution in [3.63, 3.8) is 0 Å². The zero-order valence-electron chi connectivity index (χ0n) is 15.2. The minimum atomic E-state index is -3.56. The van der Waals surface area contributed by atoms with E-state index in [2.05, 4.69) is 0 Å². The van der Waals surface area contributed by atoms with Gasteiger partial charge in [0, 0.05) is 17.9 Å². The fourth-order valence-corrected chi connectivity index (χ4v) is 4.81. The Bertz CT molecular complexity index is 1140. The maximum Gasteiger partial charge on any atom is 0.182 e. The van der Waals surface area contributed by atoms with Crippen molar-refractivity contribution in [3.05, 3.63) is 98.5 Å². The molecule has 0 aliphatic rings. The highest BCUT2D eigenvalue weighted by Crippen LogP contribution is 2.24. The number of sulfone groups is 1. The molecule has 0 saturated carbocycles. The minimum absolute atomic E-state index is 0.0419. The molecule has 3 aromatic carbocycles. The lowest BCUT2D eigenvalue weighted by atomic mass is 9.99. The molecule has 0 saturated heterocycles. The highest BCUT2D eigenvalue weighted by Gasteiger charge is 2.18. The lowest BCUT2D eigenvalue weighted by molar-refractivity contribution is -0.117. The molecule has 0 atom stereocenters. The van der Waals surface area contributed by atoms with E-state index in [-0.39, 0.29) is 29.3 Å². The van der Waals surface area contributed by atoms with E-state index in [0.717, 1.165) is 5.56 Å². The topological polar surface area (TPSA) is 51.2 Å². The lowest BCUT2D eigenvalue weighted by Gasteiger charge is -2.10.